The van der Waals surface area contributed by atoms with Crippen molar-refractivity contribution >= 4 is 33.3 Å². The molecule has 100 valence electrons. The van der Waals surface area contributed by atoms with E-state index in [0.717, 1.165) is 6.33 Å². The Balaban J connectivity index is 2.42. The second-order valence-electron chi connectivity index (χ2n) is 3.40. The Labute approximate surface area is 114 Å². The zero-order valence-corrected chi connectivity index (χ0v) is 10.8. The van der Waals surface area contributed by atoms with Gasteiger partial charge in [0.2, 0.25) is 0 Å². The zero-order valence-electron chi connectivity index (χ0n) is 9.22. The lowest BCUT2D eigenvalue weighted by molar-refractivity contribution is 0.548. The van der Waals surface area contributed by atoms with E-state index in [-0.39, 0.29) is 16.1 Å². The highest BCUT2D eigenvalue weighted by atomic mass is 79.9. The largest absolute Gasteiger partial charge is 0.334 e. The zero-order chi connectivity index (χ0) is 14.0. The average Bonchev–Trinajstić information content (AvgIpc) is 2.35. The van der Waals surface area contributed by atoms with Gasteiger partial charge in [-0.3, -0.25) is 0 Å². The maximum Gasteiger partial charge on any atom is 0.159 e. The SMILES string of the molecule is NNc1ncnc(Nc2c(F)cc(F)cc2F)c1Br. The van der Waals surface area contributed by atoms with E-state index in [9.17, 15) is 13.2 Å². The van der Waals surface area contributed by atoms with Crippen molar-refractivity contribution in [2.24, 2.45) is 5.84 Å². The first-order valence-corrected chi connectivity index (χ1v) is 5.71. The first kappa shape index (κ1) is 13.6. The molecule has 0 radical (unpaired) electrons. The number of hydrogen-bond acceptors (Lipinski definition) is 5. The molecule has 5 nitrogen and oxygen atoms in total. The number of nitrogen functional groups attached to an aromatic ring is 1. The summed E-state index contributed by atoms with van der Waals surface area (Å²) in [6.45, 7) is 0. The molecule has 0 spiro atoms. The molecule has 0 saturated heterocycles. The molecule has 9 heteroatoms. The molecular formula is C10H7BrF3N5. The van der Waals surface area contributed by atoms with Gasteiger partial charge in [0.05, 0.1) is 0 Å². The molecule has 2 rings (SSSR count). The smallest absolute Gasteiger partial charge is 0.159 e. The second kappa shape index (κ2) is 5.41. The number of nitrogens with two attached hydrogens (primary N) is 1. The number of halogens is 4. The number of rotatable bonds is 3. The van der Waals surface area contributed by atoms with Crippen molar-refractivity contribution in [2.45, 2.75) is 0 Å². The van der Waals surface area contributed by atoms with Gasteiger partial charge in [0.15, 0.2) is 23.3 Å². The standard InChI is InChI=1S/C10H7BrF3N5/c11-7-9(16-3-17-10(7)19-15)18-8-5(13)1-4(12)2-6(8)14/h1-3H,15H2,(H2,16,17,18,19). The number of hydrogen-bond donors (Lipinski definition) is 3. The molecule has 0 amide bonds. The van der Waals surface area contributed by atoms with Crippen molar-refractivity contribution < 1.29 is 13.2 Å². The molecule has 0 fully saturated rings. The summed E-state index contributed by atoms with van der Waals surface area (Å²) in [5.74, 6) is 2.33. The number of nitrogens with one attached hydrogen (secondary N) is 2. The molecule has 4 N–H and O–H groups in total. The topological polar surface area (TPSA) is 75.9 Å². The quantitative estimate of drug-likeness (QED) is 0.594. The van der Waals surface area contributed by atoms with Gasteiger partial charge in [0.1, 0.15) is 22.3 Å². The van der Waals surface area contributed by atoms with Crippen molar-refractivity contribution in [2.75, 3.05) is 10.7 Å². The minimum Gasteiger partial charge on any atom is -0.334 e. The van der Waals surface area contributed by atoms with Crippen LogP contribution in [0.3, 0.4) is 0 Å². The van der Waals surface area contributed by atoms with Crippen LogP contribution in [-0.2, 0) is 0 Å². The minimum atomic E-state index is -1.08. The van der Waals surface area contributed by atoms with Gasteiger partial charge in [-0.05, 0) is 15.9 Å². The van der Waals surface area contributed by atoms with Crippen molar-refractivity contribution in [3.63, 3.8) is 0 Å². The number of aromatic nitrogens is 2. The van der Waals surface area contributed by atoms with Crippen LogP contribution in [0.2, 0.25) is 0 Å². The summed E-state index contributed by atoms with van der Waals surface area (Å²) in [5, 5.41) is 2.40. The van der Waals surface area contributed by atoms with Gasteiger partial charge in [-0.1, -0.05) is 0 Å². The molecule has 1 aromatic carbocycles. The Bertz CT molecular complexity index is 599. The maximum absolute atomic E-state index is 13.5. The van der Waals surface area contributed by atoms with Crippen LogP contribution in [0.1, 0.15) is 0 Å². The molecule has 2 aromatic rings. The predicted molar refractivity (Wildman–Crippen MR) is 67.1 cm³/mol. The predicted octanol–water partition coefficient (Wildman–Crippen LogP) is 2.69. The lowest BCUT2D eigenvalue weighted by atomic mass is 10.2. The normalized spacial score (nSPS) is 10.4. The summed E-state index contributed by atoms with van der Waals surface area (Å²) in [7, 11) is 0. The van der Waals surface area contributed by atoms with Crippen LogP contribution in [0.25, 0.3) is 0 Å². The maximum atomic E-state index is 13.5. The number of hydrazine groups is 1. The molecule has 1 heterocycles. The molecule has 0 aliphatic carbocycles. The van der Waals surface area contributed by atoms with Gasteiger partial charge >= 0.3 is 0 Å². The molecule has 0 aliphatic rings. The van der Waals surface area contributed by atoms with Gasteiger partial charge in [0.25, 0.3) is 0 Å². The van der Waals surface area contributed by atoms with E-state index in [1.165, 1.54) is 0 Å². The van der Waals surface area contributed by atoms with Crippen molar-refractivity contribution in [1.29, 1.82) is 0 Å². The minimum absolute atomic E-state index is 0.0763. The fourth-order valence-electron chi connectivity index (χ4n) is 1.34. The summed E-state index contributed by atoms with van der Waals surface area (Å²) in [6.07, 6.45) is 1.14. The van der Waals surface area contributed by atoms with Crippen molar-refractivity contribution in [3.8, 4) is 0 Å². The van der Waals surface area contributed by atoms with E-state index in [1.807, 2.05) is 0 Å². The van der Waals surface area contributed by atoms with Crippen LogP contribution < -0.4 is 16.6 Å². The van der Waals surface area contributed by atoms with E-state index >= 15 is 0 Å². The number of benzene rings is 1. The third-order valence-electron chi connectivity index (χ3n) is 2.18. The summed E-state index contributed by atoms with van der Waals surface area (Å²) >= 11 is 3.11. The fourth-order valence-corrected chi connectivity index (χ4v) is 1.76. The van der Waals surface area contributed by atoms with E-state index in [2.05, 4.69) is 36.6 Å². The molecule has 0 atom stereocenters. The first-order chi connectivity index (χ1) is 9.02. The Kier molecular flexibility index (Phi) is 3.86. The van der Waals surface area contributed by atoms with Gasteiger partial charge in [-0.15, -0.1) is 0 Å². The van der Waals surface area contributed by atoms with E-state index in [1.54, 1.807) is 0 Å². The van der Waals surface area contributed by atoms with Crippen molar-refractivity contribution in [1.82, 2.24) is 9.97 Å². The second-order valence-corrected chi connectivity index (χ2v) is 4.19. The summed E-state index contributed by atoms with van der Waals surface area (Å²) in [4.78, 5) is 7.57. The van der Waals surface area contributed by atoms with Gasteiger partial charge in [0, 0.05) is 12.1 Å². The summed E-state index contributed by atoms with van der Waals surface area (Å²) in [5.41, 5.74) is 1.75. The monoisotopic (exact) mass is 333 g/mol. The average molecular weight is 334 g/mol. The lowest BCUT2D eigenvalue weighted by Gasteiger charge is -2.11. The molecule has 0 saturated carbocycles. The van der Waals surface area contributed by atoms with Crippen LogP contribution in [0.5, 0.6) is 0 Å². The molecule has 0 aliphatic heterocycles. The van der Waals surface area contributed by atoms with Crippen LogP contribution in [0, 0.1) is 17.5 Å². The third kappa shape index (κ3) is 2.76. The highest BCUT2D eigenvalue weighted by Crippen LogP contribution is 2.30. The van der Waals surface area contributed by atoms with Gasteiger partial charge in [-0.2, -0.15) is 0 Å². The Morgan fingerprint density at radius 1 is 1.05 bits per heavy atom. The third-order valence-corrected chi connectivity index (χ3v) is 2.93. The van der Waals surface area contributed by atoms with E-state index in [4.69, 9.17) is 5.84 Å². The fraction of sp³-hybridized carbons (Fsp3) is 0. The Morgan fingerprint density at radius 2 is 1.63 bits per heavy atom. The molecule has 0 bridgehead atoms. The Morgan fingerprint density at radius 3 is 2.21 bits per heavy atom. The number of nitrogens with zero attached hydrogens (tertiary/aromatic N) is 2. The van der Waals surface area contributed by atoms with Gasteiger partial charge in [-0.25, -0.2) is 29.0 Å². The van der Waals surface area contributed by atoms with Crippen LogP contribution in [-0.4, -0.2) is 9.97 Å². The molecule has 19 heavy (non-hydrogen) atoms. The Hall–Kier alpha value is -1.87. The van der Waals surface area contributed by atoms with E-state index in [0.29, 0.717) is 12.1 Å². The molecular weight excluding hydrogens is 327 g/mol. The molecule has 1 aromatic heterocycles. The van der Waals surface area contributed by atoms with E-state index < -0.39 is 23.1 Å². The highest BCUT2D eigenvalue weighted by Gasteiger charge is 2.15. The summed E-state index contributed by atoms with van der Waals surface area (Å²) < 4.78 is 40.0. The summed E-state index contributed by atoms with van der Waals surface area (Å²) in [6, 6.07) is 1.12. The highest BCUT2D eigenvalue weighted by molar-refractivity contribution is 9.10. The van der Waals surface area contributed by atoms with Crippen LogP contribution >= 0.6 is 15.9 Å². The van der Waals surface area contributed by atoms with Crippen LogP contribution in [0.15, 0.2) is 22.9 Å². The van der Waals surface area contributed by atoms with Gasteiger partial charge < -0.3 is 10.7 Å². The lowest BCUT2D eigenvalue weighted by Crippen LogP contribution is -2.11. The number of anilines is 3. The molecule has 0 unspecified atom stereocenters. The first-order valence-electron chi connectivity index (χ1n) is 4.91. The van der Waals surface area contributed by atoms with Crippen molar-refractivity contribution in [3.05, 3.63) is 40.4 Å². The van der Waals surface area contributed by atoms with Crippen LogP contribution in [0.4, 0.5) is 30.5 Å².